The van der Waals surface area contributed by atoms with Crippen LogP contribution in [-0.4, -0.2) is 56.6 Å². The van der Waals surface area contributed by atoms with Crippen LogP contribution in [0.2, 0.25) is 0 Å². The van der Waals surface area contributed by atoms with Gasteiger partial charge < -0.3 is 25.3 Å². The molecule has 1 amide bonds. The van der Waals surface area contributed by atoms with E-state index in [9.17, 15) is 4.79 Å². The van der Waals surface area contributed by atoms with Gasteiger partial charge in [0.25, 0.3) is 5.91 Å². The number of aromatic nitrogens is 4. The van der Waals surface area contributed by atoms with Crippen molar-refractivity contribution in [1.29, 1.82) is 0 Å². The van der Waals surface area contributed by atoms with Crippen LogP contribution in [0.15, 0.2) is 12.7 Å². The Morgan fingerprint density at radius 1 is 1.29 bits per heavy atom. The van der Waals surface area contributed by atoms with Gasteiger partial charge in [-0.1, -0.05) is 0 Å². The Morgan fingerprint density at radius 3 is 2.79 bits per heavy atom. The first-order chi connectivity index (χ1) is 11.4. The Balaban J connectivity index is 1.77. The van der Waals surface area contributed by atoms with Gasteiger partial charge in [-0.15, -0.1) is 0 Å². The number of imidazole rings is 1. The first-order valence-electron chi connectivity index (χ1n) is 7.57. The fourth-order valence-corrected chi connectivity index (χ4v) is 3.21. The zero-order valence-corrected chi connectivity index (χ0v) is 13.5. The largest absolute Gasteiger partial charge is 0.382 e. The number of nitrogens with two attached hydrogens (primary N) is 1. The number of carbonyl (C=O) groups is 1. The zero-order chi connectivity index (χ0) is 17.1. The molecule has 24 heavy (non-hydrogen) atoms. The Kier molecular flexibility index (Phi) is 3.24. The Morgan fingerprint density at radius 2 is 2.04 bits per heavy atom. The van der Waals surface area contributed by atoms with E-state index < -0.39 is 30.3 Å². The number of fused-ring (bicyclic) bond motifs is 2. The molecule has 0 aliphatic carbocycles. The molecule has 0 saturated carbocycles. The number of carbonyl (C=O) groups excluding carboxylic acids is 1. The maximum Gasteiger partial charge on any atom is 0.251 e. The maximum absolute atomic E-state index is 12.2. The minimum atomic E-state index is -0.811. The standard InChI is InChI=1S/C14H18N6O4/c1-14(2)23-7-8(12(21)16-3)22-13(9(7)24-14)20-5-19-6-10(15)17-4-18-11(6)20/h4-5,7-9,13H,1-3H3,(H,16,21)(H2,15,17,18)/t7-,8-,9-,13?/m0/s1. The van der Waals surface area contributed by atoms with Crippen LogP contribution < -0.4 is 11.1 Å². The summed E-state index contributed by atoms with van der Waals surface area (Å²) in [4.78, 5) is 24.5. The molecular formula is C14H18N6O4. The van der Waals surface area contributed by atoms with Crippen LogP contribution in [-0.2, 0) is 19.0 Å². The van der Waals surface area contributed by atoms with Gasteiger partial charge in [-0.25, -0.2) is 15.0 Å². The van der Waals surface area contributed by atoms with Gasteiger partial charge in [-0.05, 0) is 13.8 Å². The topological polar surface area (TPSA) is 126 Å². The summed E-state index contributed by atoms with van der Waals surface area (Å²) < 4.78 is 19.5. The van der Waals surface area contributed by atoms with Crippen LogP contribution >= 0.6 is 0 Å². The summed E-state index contributed by atoms with van der Waals surface area (Å²) in [7, 11) is 1.55. The predicted molar refractivity (Wildman–Crippen MR) is 81.5 cm³/mol. The summed E-state index contributed by atoms with van der Waals surface area (Å²) in [5.41, 5.74) is 6.81. The van der Waals surface area contributed by atoms with E-state index in [2.05, 4.69) is 20.3 Å². The van der Waals surface area contributed by atoms with Crippen LogP contribution in [0.3, 0.4) is 0 Å². The second-order valence-electron chi connectivity index (χ2n) is 6.21. The molecular weight excluding hydrogens is 316 g/mol. The average molecular weight is 334 g/mol. The molecule has 4 atom stereocenters. The summed E-state index contributed by atoms with van der Waals surface area (Å²) in [5.74, 6) is -0.805. The zero-order valence-electron chi connectivity index (χ0n) is 13.5. The van der Waals surface area contributed by atoms with Gasteiger partial charge in [0.15, 0.2) is 29.6 Å². The highest BCUT2D eigenvalue weighted by Gasteiger charge is 2.58. The number of anilines is 1. The van der Waals surface area contributed by atoms with E-state index in [1.165, 1.54) is 6.33 Å². The lowest BCUT2D eigenvalue weighted by Gasteiger charge is -2.24. The molecule has 4 rings (SSSR count). The Labute approximate surface area is 137 Å². The molecule has 3 N–H and O–H groups in total. The van der Waals surface area contributed by atoms with Gasteiger partial charge in [-0.3, -0.25) is 9.36 Å². The molecule has 0 aromatic carbocycles. The fourth-order valence-electron chi connectivity index (χ4n) is 3.21. The van der Waals surface area contributed by atoms with E-state index in [4.69, 9.17) is 19.9 Å². The third-order valence-corrected chi connectivity index (χ3v) is 4.20. The second kappa shape index (κ2) is 5.10. The molecule has 0 radical (unpaired) electrons. The van der Waals surface area contributed by atoms with Crippen molar-refractivity contribution in [3.8, 4) is 0 Å². The molecule has 2 aliphatic rings. The Hall–Kier alpha value is -2.30. The number of nitrogens with zero attached hydrogens (tertiary/aromatic N) is 4. The Bertz CT molecular complexity index is 806. The molecule has 0 spiro atoms. The molecule has 2 aromatic rings. The predicted octanol–water partition coefficient (Wildman–Crippen LogP) is -0.428. The second-order valence-corrected chi connectivity index (χ2v) is 6.21. The minimum Gasteiger partial charge on any atom is -0.382 e. The first-order valence-corrected chi connectivity index (χ1v) is 7.57. The number of nitrogen functional groups attached to an aromatic ring is 1. The maximum atomic E-state index is 12.2. The average Bonchev–Trinajstić information content (AvgIpc) is 3.18. The van der Waals surface area contributed by atoms with Gasteiger partial charge >= 0.3 is 0 Å². The summed E-state index contributed by atoms with van der Waals surface area (Å²) >= 11 is 0. The molecule has 0 bridgehead atoms. The van der Waals surface area contributed by atoms with E-state index in [-0.39, 0.29) is 11.7 Å². The van der Waals surface area contributed by atoms with Crippen molar-refractivity contribution >= 4 is 22.9 Å². The number of ether oxygens (including phenoxy) is 3. The lowest BCUT2D eigenvalue weighted by Crippen LogP contribution is -2.41. The smallest absolute Gasteiger partial charge is 0.251 e. The number of hydrogen-bond acceptors (Lipinski definition) is 8. The van der Waals surface area contributed by atoms with Crippen LogP contribution in [0.4, 0.5) is 5.82 Å². The number of nitrogens with one attached hydrogen (secondary N) is 1. The first kappa shape index (κ1) is 15.2. The SMILES string of the molecule is CNC(=O)[C@H]1OC(n2cnc3c(N)ncnc32)[C@H]2OC(C)(C)O[C@@H]12. The highest BCUT2D eigenvalue weighted by atomic mass is 16.8. The molecule has 10 heteroatoms. The lowest BCUT2D eigenvalue weighted by atomic mass is 10.1. The quantitative estimate of drug-likeness (QED) is 0.758. The fraction of sp³-hybridized carbons (Fsp3) is 0.571. The van der Waals surface area contributed by atoms with Gasteiger partial charge in [0, 0.05) is 7.05 Å². The monoisotopic (exact) mass is 334 g/mol. The molecule has 10 nitrogen and oxygen atoms in total. The molecule has 2 aromatic heterocycles. The van der Waals surface area contributed by atoms with E-state index in [0.717, 1.165) is 0 Å². The van der Waals surface area contributed by atoms with E-state index in [0.29, 0.717) is 11.2 Å². The number of likely N-dealkylation sites (N-methyl/N-ethyl adjacent to an activating group) is 1. The summed E-state index contributed by atoms with van der Waals surface area (Å²) in [5, 5.41) is 2.59. The molecule has 2 saturated heterocycles. The van der Waals surface area contributed by atoms with Crippen LogP contribution in [0.25, 0.3) is 11.2 Å². The summed E-state index contributed by atoms with van der Waals surface area (Å²) in [6.45, 7) is 3.60. The molecule has 128 valence electrons. The van der Waals surface area contributed by atoms with Crippen molar-refractivity contribution in [2.24, 2.45) is 0 Å². The van der Waals surface area contributed by atoms with Crippen molar-refractivity contribution in [2.75, 3.05) is 12.8 Å². The van der Waals surface area contributed by atoms with Gasteiger partial charge in [-0.2, -0.15) is 0 Å². The van der Waals surface area contributed by atoms with Crippen molar-refractivity contribution in [2.45, 2.75) is 44.2 Å². The number of hydrogen-bond donors (Lipinski definition) is 2. The van der Waals surface area contributed by atoms with Crippen LogP contribution in [0, 0.1) is 0 Å². The van der Waals surface area contributed by atoms with E-state index >= 15 is 0 Å². The van der Waals surface area contributed by atoms with E-state index in [1.54, 1.807) is 31.8 Å². The third-order valence-electron chi connectivity index (χ3n) is 4.20. The molecule has 2 fully saturated rings. The van der Waals surface area contributed by atoms with Gasteiger partial charge in [0.2, 0.25) is 0 Å². The lowest BCUT2D eigenvalue weighted by molar-refractivity contribution is -0.197. The highest BCUT2D eigenvalue weighted by molar-refractivity contribution is 5.82. The van der Waals surface area contributed by atoms with Crippen LogP contribution in [0.5, 0.6) is 0 Å². The third kappa shape index (κ3) is 2.14. The minimum absolute atomic E-state index is 0.271. The molecule has 4 heterocycles. The van der Waals surface area contributed by atoms with Gasteiger partial charge in [0.1, 0.15) is 24.1 Å². The van der Waals surface area contributed by atoms with E-state index in [1.807, 2.05) is 0 Å². The highest BCUT2D eigenvalue weighted by Crippen LogP contribution is 2.43. The number of rotatable bonds is 2. The summed E-state index contributed by atoms with van der Waals surface area (Å²) in [6.07, 6.45) is 0.506. The normalized spacial score (nSPS) is 31.3. The molecule has 1 unspecified atom stereocenters. The van der Waals surface area contributed by atoms with Crippen molar-refractivity contribution < 1.29 is 19.0 Å². The summed E-state index contributed by atoms with van der Waals surface area (Å²) in [6, 6.07) is 0. The molecule has 2 aliphatic heterocycles. The van der Waals surface area contributed by atoms with Crippen molar-refractivity contribution in [3.63, 3.8) is 0 Å². The van der Waals surface area contributed by atoms with Crippen molar-refractivity contribution in [1.82, 2.24) is 24.8 Å². The van der Waals surface area contributed by atoms with Crippen LogP contribution in [0.1, 0.15) is 20.1 Å². The van der Waals surface area contributed by atoms with Crippen molar-refractivity contribution in [3.05, 3.63) is 12.7 Å². The number of amides is 1. The van der Waals surface area contributed by atoms with Gasteiger partial charge in [0.05, 0.1) is 6.33 Å².